The topological polar surface area (TPSA) is 79.5 Å². The van der Waals surface area contributed by atoms with Gasteiger partial charge in [-0.05, 0) is 54.1 Å². The van der Waals surface area contributed by atoms with Gasteiger partial charge in [0.25, 0.3) is 0 Å². The smallest absolute Gasteiger partial charge is 0.244 e. The summed E-state index contributed by atoms with van der Waals surface area (Å²) < 4.78 is 23.7. The van der Waals surface area contributed by atoms with Gasteiger partial charge in [-0.25, -0.2) is 9.50 Å². The summed E-state index contributed by atoms with van der Waals surface area (Å²) in [6.45, 7) is 4.48. The number of nitrogens with zero attached hydrogens (tertiary/aromatic N) is 3. The maximum absolute atomic E-state index is 12.0. The Morgan fingerprint density at radius 1 is 1.03 bits per heavy atom. The van der Waals surface area contributed by atoms with Crippen molar-refractivity contribution in [1.29, 1.82) is 0 Å². The lowest BCUT2D eigenvalue weighted by molar-refractivity contribution is 0.335. The number of hydrogen-bond acceptors (Lipinski definition) is 4. The van der Waals surface area contributed by atoms with E-state index in [0.717, 1.165) is 48.2 Å². The highest BCUT2D eigenvalue weighted by Crippen LogP contribution is 2.34. The largest absolute Gasteiger partial charge is 0.317 e. The van der Waals surface area contributed by atoms with Gasteiger partial charge in [0.1, 0.15) is 6.26 Å². The average Bonchev–Trinajstić information content (AvgIpc) is 3.22. The molecule has 5 rings (SSSR count). The lowest BCUT2D eigenvalue weighted by atomic mass is 9.75. The summed E-state index contributed by atoms with van der Waals surface area (Å²) in [5.41, 5.74) is 6.07. The Balaban J connectivity index is 1.46. The molecule has 2 aromatic carbocycles. The number of piperidine rings is 1. The van der Waals surface area contributed by atoms with Crippen LogP contribution in [-0.4, -0.2) is 38.5 Å². The Hall–Kier alpha value is -2.87. The van der Waals surface area contributed by atoms with Crippen molar-refractivity contribution >= 4 is 15.9 Å². The third kappa shape index (κ3) is 3.88. The van der Waals surface area contributed by atoms with Crippen LogP contribution in [0.2, 0.25) is 0 Å². The summed E-state index contributed by atoms with van der Waals surface area (Å²) in [5.74, 6) is 0. The standard InChI is InChI=1S/C25H26N4O2S/c1-25(10-12-26-13-11-25)21-8-6-18(7-9-21)20-15-27-24-23(16-28-29(24)17-20)19-4-3-5-22(14-19)32(2,30)31/h3-9,14-17,26H,10-13H2,1-2H3/p+1. The zero-order valence-corrected chi connectivity index (χ0v) is 19.1. The monoisotopic (exact) mass is 447 g/mol. The Kier molecular flexibility index (Phi) is 5.20. The molecule has 0 radical (unpaired) electrons. The van der Waals surface area contributed by atoms with Gasteiger partial charge < -0.3 is 5.32 Å². The Bertz CT molecular complexity index is 1320. The van der Waals surface area contributed by atoms with Crippen molar-refractivity contribution in [2.75, 3.05) is 19.3 Å². The summed E-state index contributed by atoms with van der Waals surface area (Å²) in [7, 11) is -3.03. The first kappa shape index (κ1) is 21.0. The molecule has 1 saturated heterocycles. The molecule has 0 aliphatic carbocycles. The third-order valence-corrected chi connectivity index (χ3v) is 7.69. The van der Waals surface area contributed by atoms with Crippen LogP contribution in [0.4, 0.5) is 0 Å². The summed E-state index contributed by atoms with van der Waals surface area (Å²) in [5, 5.41) is 7.93. The van der Waals surface area contributed by atoms with E-state index in [1.807, 2.05) is 18.5 Å². The maximum atomic E-state index is 12.0. The Morgan fingerprint density at radius 3 is 2.50 bits per heavy atom. The summed E-state index contributed by atoms with van der Waals surface area (Å²) in [6.07, 6.45) is 9.22. The molecule has 0 amide bonds. The molecule has 1 aliphatic rings. The van der Waals surface area contributed by atoms with Crippen LogP contribution in [0.1, 0.15) is 25.3 Å². The van der Waals surface area contributed by atoms with Crippen molar-refractivity contribution in [3.8, 4) is 22.3 Å². The molecule has 6 nitrogen and oxygen atoms in total. The average molecular weight is 448 g/mol. The molecule has 0 spiro atoms. The second kappa shape index (κ2) is 7.92. The molecule has 4 aromatic rings. The number of aromatic nitrogens is 3. The maximum Gasteiger partial charge on any atom is 0.244 e. The van der Waals surface area contributed by atoms with Gasteiger partial charge in [-0.3, -0.25) is 0 Å². The van der Waals surface area contributed by atoms with Gasteiger partial charge in [-0.2, -0.15) is 9.65 Å². The molecule has 0 bridgehead atoms. The molecule has 1 fully saturated rings. The van der Waals surface area contributed by atoms with E-state index in [1.54, 1.807) is 28.9 Å². The summed E-state index contributed by atoms with van der Waals surface area (Å²) >= 11 is 0. The van der Waals surface area contributed by atoms with Crippen molar-refractivity contribution in [3.63, 3.8) is 0 Å². The molecule has 2 N–H and O–H groups in total. The molecule has 1 unspecified atom stereocenters. The third-order valence-electron chi connectivity index (χ3n) is 6.56. The van der Waals surface area contributed by atoms with Crippen molar-refractivity contribution in [2.24, 2.45) is 0 Å². The first-order chi connectivity index (χ1) is 15.3. The van der Waals surface area contributed by atoms with Gasteiger partial charge in [0.05, 0.1) is 6.20 Å². The normalized spacial score (nSPS) is 17.8. The fraction of sp³-hybridized carbons (Fsp3) is 0.280. The highest BCUT2D eigenvalue weighted by atomic mass is 32.3. The number of fused-ring (bicyclic) bond motifs is 1. The first-order valence-electron chi connectivity index (χ1n) is 10.8. The van der Waals surface area contributed by atoms with E-state index in [4.69, 9.17) is 0 Å². The number of rotatable bonds is 4. The molecule has 7 heteroatoms. The van der Waals surface area contributed by atoms with Crippen LogP contribution in [0.25, 0.3) is 27.9 Å². The zero-order valence-electron chi connectivity index (χ0n) is 18.3. The fourth-order valence-electron chi connectivity index (χ4n) is 4.46. The van der Waals surface area contributed by atoms with Gasteiger partial charge in [0, 0.05) is 29.6 Å². The van der Waals surface area contributed by atoms with Crippen molar-refractivity contribution in [2.45, 2.75) is 30.1 Å². The van der Waals surface area contributed by atoms with E-state index in [9.17, 15) is 8.76 Å². The van der Waals surface area contributed by atoms with E-state index < -0.39 is 10.2 Å². The molecule has 2 aromatic heterocycles. The lowest BCUT2D eigenvalue weighted by Gasteiger charge is -2.34. The molecular weight excluding hydrogens is 420 g/mol. The van der Waals surface area contributed by atoms with Crippen LogP contribution >= 0.6 is 0 Å². The van der Waals surface area contributed by atoms with Crippen LogP contribution in [0, 0.1) is 0 Å². The van der Waals surface area contributed by atoms with Gasteiger partial charge in [0.15, 0.2) is 10.5 Å². The fourth-order valence-corrected chi connectivity index (χ4v) is 5.14. The summed E-state index contributed by atoms with van der Waals surface area (Å²) in [4.78, 5) is 5.07. The molecular formula is C25H27N4O2S+. The molecule has 32 heavy (non-hydrogen) atoms. The second-order valence-electron chi connectivity index (χ2n) is 8.89. The predicted molar refractivity (Wildman–Crippen MR) is 128 cm³/mol. The lowest BCUT2D eigenvalue weighted by Crippen LogP contribution is -2.37. The van der Waals surface area contributed by atoms with E-state index in [1.165, 1.54) is 11.8 Å². The minimum Gasteiger partial charge on any atom is -0.317 e. The number of hydrogen-bond donors (Lipinski definition) is 2. The summed E-state index contributed by atoms with van der Waals surface area (Å²) in [6, 6.07) is 15.9. The van der Waals surface area contributed by atoms with Gasteiger partial charge in [-0.15, -0.1) is 0 Å². The SMILES string of the molecule is CC1(c2ccc(-c3cnc4c(-c5cccc([S+](C)(=O)O)c5)cnn4c3)cc2)CCNCC1. The second-order valence-corrected chi connectivity index (χ2v) is 11.0. The number of nitrogens with one attached hydrogen (secondary N) is 1. The molecule has 3 heterocycles. The highest BCUT2D eigenvalue weighted by molar-refractivity contribution is 7.97. The van der Waals surface area contributed by atoms with Crippen LogP contribution in [-0.2, 0) is 19.8 Å². The van der Waals surface area contributed by atoms with E-state index in [0.29, 0.717) is 10.5 Å². The van der Waals surface area contributed by atoms with E-state index >= 15 is 0 Å². The first-order valence-corrected chi connectivity index (χ1v) is 12.7. The van der Waals surface area contributed by atoms with Crippen molar-refractivity contribution in [3.05, 3.63) is 72.7 Å². The van der Waals surface area contributed by atoms with Gasteiger partial charge in [-0.1, -0.05) is 47.5 Å². The molecule has 1 atom stereocenters. The van der Waals surface area contributed by atoms with Crippen LogP contribution in [0.3, 0.4) is 0 Å². The quantitative estimate of drug-likeness (QED) is 0.445. The van der Waals surface area contributed by atoms with Crippen molar-refractivity contribution in [1.82, 2.24) is 19.9 Å². The predicted octanol–water partition coefficient (Wildman–Crippen LogP) is 4.67. The Labute approximate surface area is 189 Å². The highest BCUT2D eigenvalue weighted by Gasteiger charge is 2.28. The van der Waals surface area contributed by atoms with Crippen molar-refractivity contribution < 1.29 is 8.76 Å². The minimum absolute atomic E-state index is 0.230. The zero-order chi connectivity index (χ0) is 22.3. The van der Waals surface area contributed by atoms with E-state index in [-0.39, 0.29) is 5.41 Å². The number of benzene rings is 2. The molecule has 0 saturated carbocycles. The van der Waals surface area contributed by atoms with E-state index in [2.05, 4.69) is 46.6 Å². The van der Waals surface area contributed by atoms with Crippen LogP contribution < -0.4 is 5.32 Å². The van der Waals surface area contributed by atoms with Gasteiger partial charge in [0.2, 0.25) is 10.2 Å². The molecule has 1 aliphatic heterocycles. The molecule has 164 valence electrons. The van der Waals surface area contributed by atoms with Crippen LogP contribution in [0.5, 0.6) is 0 Å². The van der Waals surface area contributed by atoms with Crippen LogP contribution in [0.15, 0.2) is 72.0 Å². The van der Waals surface area contributed by atoms with Gasteiger partial charge >= 0.3 is 0 Å². The minimum atomic E-state index is -3.03. The Morgan fingerprint density at radius 2 is 1.78 bits per heavy atom.